The number of nitriles is 1. The van der Waals surface area contributed by atoms with E-state index >= 15 is 0 Å². The molecule has 4 nitrogen and oxygen atoms in total. The second-order valence-electron chi connectivity index (χ2n) is 3.37. The Balaban J connectivity index is 2.89. The highest BCUT2D eigenvalue weighted by molar-refractivity contribution is 7.91. The highest BCUT2D eigenvalue weighted by Gasteiger charge is 2.20. The molecule has 0 radical (unpaired) electrons. The summed E-state index contributed by atoms with van der Waals surface area (Å²) in [5.74, 6) is 2.43. The number of rotatable bonds is 5. The molecule has 0 bridgehead atoms. The van der Waals surface area contributed by atoms with Crippen LogP contribution in [-0.2, 0) is 10.0 Å². The molecule has 0 aliphatic rings. The second kappa shape index (κ2) is 5.83. The maximum Gasteiger partial charge on any atom is 0.250 e. The zero-order valence-corrected chi connectivity index (χ0v) is 10.9. The van der Waals surface area contributed by atoms with Gasteiger partial charge in [0.05, 0.1) is 0 Å². The number of thiophene rings is 1. The first-order valence-corrected chi connectivity index (χ1v) is 7.29. The molecule has 1 unspecified atom stereocenters. The lowest BCUT2D eigenvalue weighted by atomic mass is 10.2. The monoisotopic (exact) mass is 268 g/mol. The van der Waals surface area contributed by atoms with E-state index in [4.69, 9.17) is 11.7 Å². The number of sulfonamides is 1. The molecule has 0 spiro atoms. The minimum atomic E-state index is -3.56. The average Bonchev–Trinajstić information content (AvgIpc) is 2.77. The average molecular weight is 268 g/mol. The van der Waals surface area contributed by atoms with E-state index in [1.165, 1.54) is 12.1 Å². The number of nitrogens with zero attached hydrogens (tertiary/aromatic N) is 1. The molecule has 17 heavy (non-hydrogen) atoms. The third kappa shape index (κ3) is 3.57. The van der Waals surface area contributed by atoms with Crippen molar-refractivity contribution in [2.45, 2.75) is 30.0 Å². The summed E-state index contributed by atoms with van der Waals surface area (Å²) in [5, 5.41) is 8.65. The van der Waals surface area contributed by atoms with Gasteiger partial charge in [-0.05, 0) is 18.6 Å². The van der Waals surface area contributed by atoms with Gasteiger partial charge in [0.1, 0.15) is 15.2 Å². The van der Waals surface area contributed by atoms with Gasteiger partial charge in [-0.2, -0.15) is 5.26 Å². The Labute approximate surface area is 105 Å². The number of hydrogen-bond donors (Lipinski definition) is 1. The molecule has 1 rings (SSSR count). The Morgan fingerprint density at radius 1 is 1.59 bits per heavy atom. The lowest BCUT2D eigenvalue weighted by Crippen LogP contribution is -2.33. The summed E-state index contributed by atoms with van der Waals surface area (Å²) in [7, 11) is -3.56. The van der Waals surface area contributed by atoms with Gasteiger partial charge in [-0.25, -0.2) is 13.1 Å². The van der Waals surface area contributed by atoms with Crippen LogP contribution in [0.15, 0.2) is 16.3 Å². The van der Waals surface area contributed by atoms with Gasteiger partial charge in [0.15, 0.2) is 0 Å². The van der Waals surface area contributed by atoms with Crippen molar-refractivity contribution in [2.75, 3.05) is 0 Å². The highest BCUT2D eigenvalue weighted by Crippen LogP contribution is 2.21. The fourth-order valence-electron chi connectivity index (χ4n) is 1.21. The smallest absolute Gasteiger partial charge is 0.206 e. The molecule has 1 atom stereocenters. The number of nitrogens with one attached hydrogen (secondary N) is 1. The molecule has 6 heteroatoms. The minimum Gasteiger partial charge on any atom is -0.206 e. The summed E-state index contributed by atoms with van der Waals surface area (Å²) in [4.78, 5) is 0.371. The van der Waals surface area contributed by atoms with Gasteiger partial charge >= 0.3 is 0 Å². The second-order valence-corrected chi connectivity index (χ2v) is 6.39. The SMILES string of the molecule is C#CCC(CC)NS(=O)(=O)c1ccc(C#N)s1. The van der Waals surface area contributed by atoms with Gasteiger partial charge in [-0.1, -0.05) is 6.92 Å². The standard InChI is InChI=1S/C11H12N2O2S2/c1-3-5-9(4-2)13-17(14,15)11-7-6-10(8-12)16-11/h1,6-7,9,13H,4-5H2,2H3. The normalized spacial score (nSPS) is 12.6. The molecule has 0 saturated carbocycles. The van der Waals surface area contributed by atoms with Gasteiger partial charge in [-0.3, -0.25) is 0 Å². The van der Waals surface area contributed by atoms with E-state index in [0.29, 0.717) is 17.7 Å². The maximum atomic E-state index is 11.9. The molecule has 0 amide bonds. The zero-order chi connectivity index (χ0) is 12.9. The molecule has 1 heterocycles. The van der Waals surface area contributed by atoms with Crippen molar-refractivity contribution in [1.29, 1.82) is 5.26 Å². The summed E-state index contributed by atoms with van der Waals surface area (Å²) in [6.07, 6.45) is 6.14. The molecular formula is C11H12N2O2S2. The molecule has 0 fully saturated rings. The largest absolute Gasteiger partial charge is 0.250 e. The fraction of sp³-hybridized carbons (Fsp3) is 0.364. The van der Waals surface area contributed by atoms with Crippen LogP contribution in [0.5, 0.6) is 0 Å². The van der Waals surface area contributed by atoms with Crippen LogP contribution < -0.4 is 4.72 Å². The number of terminal acetylenes is 1. The van der Waals surface area contributed by atoms with E-state index in [-0.39, 0.29) is 10.3 Å². The Morgan fingerprint density at radius 3 is 2.76 bits per heavy atom. The van der Waals surface area contributed by atoms with Crippen molar-refractivity contribution < 1.29 is 8.42 Å². The van der Waals surface area contributed by atoms with Crippen molar-refractivity contribution >= 4 is 21.4 Å². The van der Waals surface area contributed by atoms with Crippen LogP contribution in [0, 0.1) is 23.7 Å². The van der Waals surface area contributed by atoms with Crippen LogP contribution in [0.3, 0.4) is 0 Å². The molecule has 90 valence electrons. The molecular weight excluding hydrogens is 256 g/mol. The van der Waals surface area contributed by atoms with Crippen molar-refractivity contribution in [3.8, 4) is 18.4 Å². The van der Waals surface area contributed by atoms with Gasteiger partial charge in [-0.15, -0.1) is 23.7 Å². The van der Waals surface area contributed by atoms with E-state index < -0.39 is 10.0 Å². The van der Waals surface area contributed by atoms with Gasteiger partial charge in [0.2, 0.25) is 10.0 Å². The molecule has 0 saturated heterocycles. The predicted octanol–water partition coefficient (Wildman–Crippen LogP) is 1.70. The first kappa shape index (κ1) is 13.7. The summed E-state index contributed by atoms with van der Waals surface area (Å²) in [6.45, 7) is 1.86. The van der Waals surface area contributed by atoms with Gasteiger partial charge in [0, 0.05) is 12.5 Å². The fourth-order valence-corrected chi connectivity index (χ4v) is 3.65. The molecule has 0 aliphatic carbocycles. The van der Waals surface area contributed by atoms with Crippen molar-refractivity contribution in [3.05, 3.63) is 17.0 Å². The van der Waals surface area contributed by atoms with Gasteiger partial charge in [0.25, 0.3) is 0 Å². The van der Waals surface area contributed by atoms with Gasteiger partial charge < -0.3 is 0 Å². The summed E-state index contributed by atoms with van der Waals surface area (Å²) < 4.78 is 26.5. The van der Waals surface area contributed by atoms with E-state index in [9.17, 15) is 8.42 Å². The van der Waals surface area contributed by atoms with Crippen molar-refractivity contribution in [3.63, 3.8) is 0 Å². The van der Waals surface area contributed by atoms with E-state index in [2.05, 4.69) is 10.6 Å². The zero-order valence-electron chi connectivity index (χ0n) is 9.30. The summed E-state index contributed by atoms with van der Waals surface area (Å²) in [5.41, 5.74) is 0. The van der Waals surface area contributed by atoms with E-state index in [1.54, 1.807) is 0 Å². The molecule has 1 aromatic heterocycles. The van der Waals surface area contributed by atoms with E-state index in [0.717, 1.165) is 11.3 Å². The van der Waals surface area contributed by atoms with Crippen LogP contribution >= 0.6 is 11.3 Å². The van der Waals surface area contributed by atoms with Crippen LogP contribution in [0.1, 0.15) is 24.6 Å². The van der Waals surface area contributed by atoms with Crippen LogP contribution in [0.25, 0.3) is 0 Å². The first-order valence-electron chi connectivity index (χ1n) is 4.99. The van der Waals surface area contributed by atoms with Crippen LogP contribution in [0.4, 0.5) is 0 Å². The maximum absolute atomic E-state index is 11.9. The number of hydrogen-bond acceptors (Lipinski definition) is 4. The Kier molecular flexibility index (Phi) is 4.71. The predicted molar refractivity (Wildman–Crippen MR) is 66.9 cm³/mol. The van der Waals surface area contributed by atoms with Crippen LogP contribution in [0.2, 0.25) is 0 Å². The molecule has 1 N–H and O–H groups in total. The van der Waals surface area contributed by atoms with Crippen molar-refractivity contribution in [1.82, 2.24) is 4.72 Å². The molecule has 1 aromatic rings. The quantitative estimate of drug-likeness (QED) is 0.826. The third-order valence-electron chi connectivity index (χ3n) is 2.14. The summed E-state index contributed by atoms with van der Waals surface area (Å²) in [6, 6.07) is 4.55. The lowest BCUT2D eigenvalue weighted by Gasteiger charge is -2.13. The molecule has 0 aromatic carbocycles. The van der Waals surface area contributed by atoms with Crippen LogP contribution in [-0.4, -0.2) is 14.5 Å². The highest BCUT2D eigenvalue weighted by atomic mass is 32.2. The third-order valence-corrected chi connectivity index (χ3v) is 5.14. The minimum absolute atomic E-state index is 0.143. The Bertz CT molecular complexity index is 561. The molecule has 0 aliphatic heterocycles. The van der Waals surface area contributed by atoms with E-state index in [1.807, 2.05) is 13.0 Å². The first-order chi connectivity index (χ1) is 8.03. The topological polar surface area (TPSA) is 70.0 Å². The Morgan fingerprint density at radius 2 is 2.29 bits per heavy atom. The van der Waals surface area contributed by atoms with Crippen molar-refractivity contribution in [2.24, 2.45) is 0 Å². The lowest BCUT2D eigenvalue weighted by molar-refractivity contribution is 0.546. The summed E-state index contributed by atoms with van der Waals surface area (Å²) >= 11 is 0.947. The Hall–Kier alpha value is -1.34.